The summed E-state index contributed by atoms with van der Waals surface area (Å²) in [5.41, 5.74) is 3.10. The fraction of sp³-hybridized carbons (Fsp3) is 0.350. The highest BCUT2D eigenvalue weighted by atomic mass is 16.6. The van der Waals surface area contributed by atoms with Crippen molar-refractivity contribution >= 4 is 11.4 Å². The quantitative estimate of drug-likeness (QED) is 0.623. The number of nitrogens with zero attached hydrogens (tertiary/aromatic N) is 3. The van der Waals surface area contributed by atoms with E-state index in [0.717, 1.165) is 31.8 Å². The highest BCUT2D eigenvalue weighted by molar-refractivity contribution is 5.61. The van der Waals surface area contributed by atoms with Gasteiger partial charge in [0.15, 0.2) is 0 Å². The zero-order valence-electron chi connectivity index (χ0n) is 15.2. The number of hydrogen-bond donors (Lipinski definition) is 1. The van der Waals surface area contributed by atoms with Crippen molar-refractivity contribution in [1.29, 1.82) is 5.26 Å². The van der Waals surface area contributed by atoms with Crippen molar-refractivity contribution in [3.63, 3.8) is 0 Å². The van der Waals surface area contributed by atoms with Gasteiger partial charge in [-0.1, -0.05) is 24.3 Å². The monoisotopic (exact) mass is 366 g/mol. The fourth-order valence-corrected chi connectivity index (χ4v) is 3.22. The minimum Gasteiger partial charge on any atom is -0.380 e. The molecule has 7 nitrogen and oxygen atoms in total. The topological polar surface area (TPSA) is 91.4 Å². The van der Waals surface area contributed by atoms with E-state index in [-0.39, 0.29) is 17.4 Å². The minimum atomic E-state index is -0.499. The van der Waals surface area contributed by atoms with E-state index in [0.29, 0.717) is 12.2 Å². The Labute approximate surface area is 158 Å². The van der Waals surface area contributed by atoms with E-state index in [1.807, 2.05) is 18.2 Å². The summed E-state index contributed by atoms with van der Waals surface area (Å²) in [4.78, 5) is 12.7. The van der Waals surface area contributed by atoms with Gasteiger partial charge in [-0.05, 0) is 24.1 Å². The van der Waals surface area contributed by atoms with Crippen LogP contribution in [0.1, 0.15) is 23.6 Å². The third kappa shape index (κ3) is 5.03. The van der Waals surface area contributed by atoms with E-state index in [1.54, 1.807) is 6.07 Å². The molecular weight excluding hydrogens is 344 g/mol. The molecule has 0 bridgehead atoms. The first-order chi connectivity index (χ1) is 13.0. The normalized spacial score (nSPS) is 17.3. The number of nitriles is 1. The van der Waals surface area contributed by atoms with E-state index in [1.165, 1.54) is 17.7 Å². The first-order valence-electron chi connectivity index (χ1n) is 8.89. The summed E-state index contributed by atoms with van der Waals surface area (Å²) >= 11 is 0. The van der Waals surface area contributed by atoms with Crippen molar-refractivity contribution in [3.05, 3.63) is 69.3 Å². The standard InChI is InChI=1S/C20H22N4O3/c1-15-13-23(7-8-27-15)14-17-4-2-3-16(9-17)12-22-20-6-5-19(24(25)26)10-18(20)11-21/h2-6,9-10,15,22H,7-8,12-14H2,1H3. The maximum Gasteiger partial charge on any atom is 0.270 e. The van der Waals surface area contributed by atoms with E-state index < -0.39 is 4.92 Å². The second kappa shape index (κ2) is 8.62. The predicted molar refractivity (Wildman–Crippen MR) is 102 cm³/mol. The summed E-state index contributed by atoms with van der Waals surface area (Å²) in [6.45, 7) is 6.13. The van der Waals surface area contributed by atoms with Crippen LogP contribution in [0.15, 0.2) is 42.5 Å². The SMILES string of the molecule is CC1CN(Cc2cccc(CNc3ccc([N+](=O)[O-])cc3C#N)c2)CCO1. The zero-order valence-corrected chi connectivity index (χ0v) is 15.2. The third-order valence-corrected chi connectivity index (χ3v) is 4.54. The molecule has 1 N–H and O–H groups in total. The van der Waals surface area contributed by atoms with Gasteiger partial charge in [0.05, 0.1) is 28.9 Å². The van der Waals surface area contributed by atoms with Crippen molar-refractivity contribution in [2.75, 3.05) is 25.0 Å². The Hall–Kier alpha value is -2.95. The van der Waals surface area contributed by atoms with Gasteiger partial charge in [-0.15, -0.1) is 0 Å². The number of nitro groups is 1. The van der Waals surface area contributed by atoms with Crippen molar-refractivity contribution in [2.24, 2.45) is 0 Å². The molecular formula is C20H22N4O3. The molecule has 1 unspecified atom stereocenters. The Bertz CT molecular complexity index is 863. The van der Waals surface area contributed by atoms with E-state index in [9.17, 15) is 15.4 Å². The molecule has 0 aromatic heterocycles. The Kier molecular flexibility index (Phi) is 6.01. The molecule has 1 heterocycles. The average Bonchev–Trinajstić information content (AvgIpc) is 2.66. The van der Waals surface area contributed by atoms with E-state index >= 15 is 0 Å². The highest BCUT2D eigenvalue weighted by Gasteiger charge is 2.16. The van der Waals surface area contributed by atoms with Crippen LogP contribution < -0.4 is 5.32 Å². The van der Waals surface area contributed by atoms with Crippen LogP contribution in [0, 0.1) is 21.4 Å². The molecule has 1 saturated heterocycles. The summed E-state index contributed by atoms with van der Waals surface area (Å²) < 4.78 is 5.58. The van der Waals surface area contributed by atoms with Crippen molar-refractivity contribution in [1.82, 2.24) is 4.90 Å². The lowest BCUT2D eigenvalue weighted by Gasteiger charge is -2.31. The van der Waals surface area contributed by atoms with Crippen LogP contribution in [0.2, 0.25) is 0 Å². The van der Waals surface area contributed by atoms with Crippen LogP contribution in [0.5, 0.6) is 0 Å². The van der Waals surface area contributed by atoms with Gasteiger partial charge in [0.2, 0.25) is 0 Å². The molecule has 1 atom stereocenters. The van der Waals surface area contributed by atoms with Gasteiger partial charge < -0.3 is 10.1 Å². The smallest absolute Gasteiger partial charge is 0.270 e. The van der Waals surface area contributed by atoms with E-state index in [4.69, 9.17) is 4.74 Å². The lowest BCUT2D eigenvalue weighted by Crippen LogP contribution is -2.40. The van der Waals surface area contributed by atoms with Crippen LogP contribution in [-0.4, -0.2) is 35.6 Å². The summed E-state index contributed by atoms with van der Waals surface area (Å²) in [7, 11) is 0. The number of anilines is 1. The van der Waals surface area contributed by atoms with Gasteiger partial charge in [0, 0.05) is 38.3 Å². The largest absolute Gasteiger partial charge is 0.380 e. The van der Waals surface area contributed by atoms with Crippen LogP contribution in [0.25, 0.3) is 0 Å². The Balaban J connectivity index is 1.65. The number of hydrogen-bond acceptors (Lipinski definition) is 6. The zero-order chi connectivity index (χ0) is 19.2. The molecule has 3 rings (SSSR count). The van der Waals surface area contributed by atoms with E-state index in [2.05, 4.69) is 29.3 Å². The van der Waals surface area contributed by atoms with Gasteiger partial charge >= 0.3 is 0 Å². The predicted octanol–water partition coefficient (Wildman–Crippen LogP) is 3.30. The maximum atomic E-state index is 10.8. The molecule has 0 spiro atoms. The summed E-state index contributed by atoms with van der Waals surface area (Å²) in [6.07, 6.45) is 0.259. The molecule has 1 fully saturated rings. The number of rotatable bonds is 6. The molecule has 0 aliphatic carbocycles. The number of non-ortho nitro benzene ring substituents is 1. The average molecular weight is 366 g/mol. The van der Waals surface area contributed by atoms with Crippen molar-refractivity contribution < 1.29 is 9.66 Å². The van der Waals surface area contributed by atoms with Gasteiger partial charge in [-0.3, -0.25) is 15.0 Å². The van der Waals surface area contributed by atoms with Crippen LogP contribution in [0.4, 0.5) is 11.4 Å². The molecule has 1 aliphatic rings. The van der Waals surface area contributed by atoms with Gasteiger partial charge in [0.1, 0.15) is 6.07 Å². The van der Waals surface area contributed by atoms with Crippen molar-refractivity contribution in [3.8, 4) is 6.07 Å². The highest BCUT2D eigenvalue weighted by Crippen LogP contribution is 2.22. The fourth-order valence-electron chi connectivity index (χ4n) is 3.22. The second-order valence-corrected chi connectivity index (χ2v) is 6.69. The molecule has 0 saturated carbocycles. The van der Waals surface area contributed by atoms with Gasteiger partial charge in [-0.2, -0.15) is 5.26 Å². The Morgan fingerprint density at radius 1 is 1.33 bits per heavy atom. The van der Waals surface area contributed by atoms with Crippen molar-refractivity contribution in [2.45, 2.75) is 26.1 Å². The first-order valence-corrected chi connectivity index (χ1v) is 8.89. The van der Waals surface area contributed by atoms with Crippen LogP contribution >= 0.6 is 0 Å². The van der Waals surface area contributed by atoms with Crippen LogP contribution in [-0.2, 0) is 17.8 Å². The number of benzene rings is 2. The Morgan fingerprint density at radius 3 is 2.89 bits per heavy atom. The van der Waals surface area contributed by atoms with Gasteiger partial charge in [-0.25, -0.2) is 0 Å². The van der Waals surface area contributed by atoms with Gasteiger partial charge in [0.25, 0.3) is 5.69 Å². The lowest BCUT2D eigenvalue weighted by molar-refractivity contribution is -0.384. The maximum absolute atomic E-state index is 10.8. The first kappa shape index (κ1) is 18.8. The molecule has 2 aromatic carbocycles. The summed E-state index contributed by atoms with van der Waals surface area (Å²) in [6, 6.07) is 14.6. The van der Waals surface area contributed by atoms with Crippen LogP contribution in [0.3, 0.4) is 0 Å². The number of nitro benzene ring substituents is 1. The number of ether oxygens (including phenoxy) is 1. The summed E-state index contributed by atoms with van der Waals surface area (Å²) in [5.74, 6) is 0. The number of nitrogens with one attached hydrogen (secondary N) is 1. The minimum absolute atomic E-state index is 0.0844. The molecule has 2 aromatic rings. The summed E-state index contributed by atoms with van der Waals surface area (Å²) in [5, 5.41) is 23.3. The lowest BCUT2D eigenvalue weighted by atomic mass is 10.1. The molecule has 0 radical (unpaired) electrons. The molecule has 1 aliphatic heterocycles. The number of morpholine rings is 1. The molecule has 7 heteroatoms. The Morgan fingerprint density at radius 2 is 2.15 bits per heavy atom. The molecule has 27 heavy (non-hydrogen) atoms. The second-order valence-electron chi connectivity index (χ2n) is 6.69. The molecule has 0 amide bonds. The molecule has 140 valence electrons. The third-order valence-electron chi connectivity index (χ3n) is 4.54.